The first kappa shape index (κ1) is 10.3. The van der Waals surface area contributed by atoms with Crippen molar-refractivity contribution in [2.45, 2.75) is 51.1 Å². The SMILES string of the molecule is CCC(NC1CC2CCC1C2)c1ncc[nH]1. The molecule has 2 aliphatic carbocycles. The number of aromatic amines is 1. The second-order valence-corrected chi connectivity index (χ2v) is 5.38. The minimum Gasteiger partial charge on any atom is -0.347 e. The van der Waals surface area contributed by atoms with E-state index in [1.165, 1.54) is 25.7 Å². The van der Waals surface area contributed by atoms with Gasteiger partial charge in [-0.25, -0.2) is 4.98 Å². The summed E-state index contributed by atoms with van der Waals surface area (Å²) in [5.41, 5.74) is 0. The van der Waals surface area contributed by atoms with Crippen LogP contribution >= 0.6 is 0 Å². The quantitative estimate of drug-likeness (QED) is 0.817. The molecule has 2 N–H and O–H groups in total. The summed E-state index contributed by atoms with van der Waals surface area (Å²) < 4.78 is 0. The number of imidazole rings is 1. The normalized spacial score (nSPS) is 34.4. The molecular weight excluding hydrogens is 198 g/mol. The molecule has 16 heavy (non-hydrogen) atoms. The van der Waals surface area contributed by atoms with Crippen LogP contribution in [0.25, 0.3) is 0 Å². The minimum absolute atomic E-state index is 0.416. The molecule has 1 aromatic heterocycles. The van der Waals surface area contributed by atoms with Gasteiger partial charge in [0.1, 0.15) is 5.82 Å². The molecule has 3 nitrogen and oxygen atoms in total. The Hall–Kier alpha value is -0.830. The van der Waals surface area contributed by atoms with E-state index in [2.05, 4.69) is 22.2 Å². The van der Waals surface area contributed by atoms with E-state index >= 15 is 0 Å². The van der Waals surface area contributed by atoms with Crippen molar-refractivity contribution in [1.82, 2.24) is 15.3 Å². The molecule has 3 rings (SSSR count). The lowest BCUT2D eigenvalue weighted by molar-refractivity contribution is 0.311. The first-order chi connectivity index (χ1) is 7.86. The second kappa shape index (κ2) is 4.21. The third kappa shape index (κ3) is 1.77. The average molecular weight is 219 g/mol. The number of fused-ring (bicyclic) bond motifs is 2. The molecule has 4 unspecified atom stereocenters. The van der Waals surface area contributed by atoms with Gasteiger partial charge >= 0.3 is 0 Å². The van der Waals surface area contributed by atoms with Crippen molar-refractivity contribution in [2.75, 3.05) is 0 Å². The highest BCUT2D eigenvalue weighted by atomic mass is 15.0. The van der Waals surface area contributed by atoms with Crippen molar-refractivity contribution in [1.29, 1.82) is 0 Å². The summed E-state index contributed by atoms with van der Waals surface area (Å²) in [5.74, 6) is 3.05. The van der Waals surface area contributed by atoms with E-state index in [0.717, 1.165) is 30.1 Å². The zero-order chi connectivity index (χ0) is 11.0. The van der Waals surface area contributed by atoms with Crippen LogP contribution in [0.4, 0.5) is 0 Å². The van der Waals surface area contributed by atoms with Gasteiger partial charge in [-0.15, -0.1) is 0 Å². The summed E-state index contributed by atoms with van der Waals surface area (Å²) in [4.78, 5) is 7.61. The standard InChI is InChI=1S/C13H21N3/c1-2-11(13-14-5-6-15-13)16-12-8-9-3-4-10(12)7-9/h5-6,9-12,16H,2-4,7-8H2,1H3,(H,14,15). The predicted octanol–water partition coefficient (Wildman–Crippen LogP) is 2.64. The van der Waals surface area contributed by atoms with Crippen LogP contribution in [0, 0.1) is 11.8 Å². The summed E-state index contributed by atoms with van der Waals surface area (Å²) in [6.45, 7) is 2.23. The highest BCUT2D eigenvalue weighted by Crippen LogP contribution is 2.45. The number of H-pyrrole nitrogens is 1. The van der Waals surface area contributed by atoms with Crippen LogP contribution in [-0.2, 0) is 0 Å². The van der Waals surface area contributed by atoms with Gasteiger partial charge in [-0.05, 0) is 37.5 Å². The summed E-state index contributed by atoms with van der Waals surface area (Å²) in [6, 6.07) is 1.16. The monoisotopic (exact) mass is 219 g/mol. The molecule has 4 atom stereocenters. The maximum atomic E-state index is 4.37. The van der Waals surface area contributed by atoms with Crippen molar-refractivity contribution in [3.05, 3.63) is 18.2 Å². The van der Waals surface area contributed by atoms with Gasteiger partial charge in [-0.2, -0.15) is 0 Å². The summed E-state index contributed by atoms with van der Waals surface area (Å²) >= 11 is 0. The van der Waals surface area contributed by atoms with Crippen LogP contribution in [0.1, 0.15) is 50.9 Å². The molecule has 2 saturated carbocycles. The predicted molar refractivity (Wildman–Crippen MR) is 64.0 cm³/mol. The van der Waals surface area contributed by atoms with Crippen molar-refractivity contribution < 1.29 is 0 Å². The Morgan fingerprint density at radius 1 is 1.50 bits per heavy atom. The number of hydrogen-bond acceptors (Lipinski definition) is 2. The van der Waals surface area contributed by atoms with Gasteiger partial charge in [0, 0.05) is 18.4 Å². The van der Waals surface area contributed by atoms with Gasteiger partial charge in [-0.3, -0.25) is 0 Å². The van der Waals surface area contributed by atoms with E-state index in [4.69, 9.17) is 0 Å². The molecule has 88 valence electrons. The van der Waals surface area contributed by atoms with E-state index in [1.54, 1.807) is 0 Å². The van der Waals surface area contributed by atoms with Crippen LogP contribution in [0.5, 0.6) is 0 Å². The number of nitrogens with zero attached hydrogens (tertiary/aromatic N) is 1. The van der Waals surface area contributed by atoms with Crippen LogP contribution in [0.2, 0.25) is 0 Å². The van der Waals surface area contributed by atoms with Gasteiger partial charge in [0.15, 0.2) is 0 Å². The van der Waals surface area contributed by atoms with Crippen LogP contribution < -0.4 is 5.32 Å². The van der Waals surface area contributed by atoms with E-state index in [0.29, 0.717) is 6.04 Å². The van der Waals surface area contributed by atoms with Crippen LogP contribution in [0.15, 0.2) is 12.4 Å². The van der Waals surface area contributed by atoms with Crippen molar-refractivity contribution in [2.24, 2.45) is 11.8 Å². The molecule has 2 bridgehead atoms. The average Bonchev–Trinajstić information content (AvgIpc) is 3.01. The Balaban J connectivity index is 1.65. The van der Waals surface area contributed by atoms with E-state index in [-0.39, 0.29) is 0 Å². The molecule has 3 heteroatoms. The Labute approximate surface area is 97.0 Å². The Kier molecular flexibility index (Phi) is 2.72. The maximum absolute atomic E-state index is 4.37. The topological polar surface area (TPSA) is 40.7 Å². The molecular formula is C13H21N3. The molecule has 0 aromatic carbocycles. The molecule has 0 aliphatic heterocycles. The Morgan fingerprint density at radius 2 is 2.44 bits per heavy atom. The molecule has 2 aliphatic rings. The number of aromatic nitrogens is 2. The molecule has 1 heterocycles. The summed E-state index contributed by atoms with van der Waals surface area (Å²) in [5, 5.41) is 3.81. The zero-order valence-electron chi connectivity index (χ0n) is 9.95. The molecule has 0 saturated heterocycles. The van der Waals surface area contributed by atoms with E-state index < -0.39 is 0 Å². The molecule has 0 radical (unpaired) electrons. The highest BCUT2D eigenvalue weighted by Gasteiger charge is 2.40. The van der Waals surface area contributed by atoms with Gasteiger partial charge in [-0.1, -0.05) is 13.3 Å². The van der Waals surface area contributed by atoms with E-state index in [9.17, 15) is 0 Å². The molecule has 0 spiro atoms. The third-order valence-electron chi connectivity index (χ3n) is 4.41. The fourth-order valence-corrected chi connectivity index (χ4v) is 3.57. The largest absolute Gasteiger partial charge is 0.347 e. The first-order valence-electron chi connectivity index (χ1n) is 6.62. The molecule has 1 aromatic rings. The number of rotatable bonds is 4. The van der Waals surface area contributed by atoms with Crippen LogP contribution in [-0.4, -0.2) is 16.0 Å². The van der Waals surface area contributed by atoms with E-state index in [1.807, 2.05) is 12.4 Å². The molecule has 0 amide bonds. The maximum Gasteiger partial charge on any atom is 0.123 e. The van der Waals surface area contributed by atoms with Gasteiger partial charge in [0.05, 0.1) is 6.04 Å². The summed E-state index contributed by atoms with van der Waals surface area (Å²) in [7, 11) is 0. The van der Waals surface area contributed by atoms with Crippen LogP contribution in [0.3, 0.4) is 0 Å². The third-order valence-corrected chi connectivity index (χ3v) is 4.41. The lowest BCUT2D eigenvalue weighted by atomic mass is 9.94. The fraction of sp³-hybridized carbons (Fsp3) is 0.769. The highest BCUT2D eigenvalue weighted by molar-refractivity contribution is 5.00. The molecule has 2 fully saturated rings. The minimum atomic E-state index is 0.416. The van der Waals surface area contributed by atoms with Crippen molar-refractivity contribution >= 4 is 0 Å². The zero-order valence-corrected chi connectivity index (χ0v) is 9.95. The fourth-order valence-electron chi connectivity index (χ4n) is 3.57. The lowest BCUT2D eigenvalue weighted by Crippen LogP contribution is -2.37. The Morgan fingerprint density at radius 3 is 3.00 bits per heavy atom. The summed E-state index contributed by atoms with van der Waals surface area (Å²) in [6.07, 6.45) is 10.6. The van der Waals surface area contributed by atoms with Gasteiger partial charge in [0.25, 0.3) is 0 Å². The van der Waals surface area contributed by atoms with Gasteiger partial charge in [0.2, 0.25) is 0 Å². The second-order valence-electron chi connectivity index (χ2n) is 5.38. The van der Waals surface area contributed by atoms with Crippen molar-refractivity contribution in [3.8, 4) is 0 Å². The first-order valence-corrected chi connectivity index (χ1v) is 6.62. The van der Waals surface area contributed by atoms with Crippen molar-refractivity contribution in [3.63, 3.8) is 0 Å². The lowest BCUT2D eigenvalue weighted by Gasteiger charge is -2.27. The number of nitrogens with one attached hydrogen (secondary N) is 2. The Bertz CT molecular complexity index is 333. The smallest absolute Gasteiger partial charge is 0.123 e. The number of hydrogen-bond donors (Lipinski definition) is 2. The van der Waals surface area contributed by atoms with Gasteiger partial charge < -0.3 is 10.3 Å².